The number of ketones is 1. The molecule has 0 heterocycles. The summed E-state index contributed by atoms with van der Waals surface area (Å²) in [5.41, 5.74) is 2.03. The van der Waals surface area contributed by atoms with Crippen molar-refractivity contribution in [1.82, 2.24) is 0 Å². The van der Waals surface area contributed by atoms with Gasteiger partial charge in [-0.2, -0.15) is 0 Å². The molecule has 2 rings (SSSR count). The Morgan fingerprint density at radius 3 is 2.38 bits per heavy atom. The first-order chi connectivity index (χ1) is 9.97. The molecule has 0 saturated carbocycles. The first kappa shape index (κ1) is 16.0. The third-order valence-corrected chi connectivity index (χ3v) is 4.27. The number of hydrogen-bond donors (Lipinski definition) is 0. The van der Waals surface area contributed by atoms with Crippen molar-refractivity contribution < 1.29 is 14.3 Å². The lowest BCUT2D eigenvalue weighted by atomic mass is 9.98. The van der Waals surface area contributed by atoms with Gasteiger partial charge < -0.3 is 9.47 Å². The van der Waals surface area contributed by atoms with Crippen LogP contribution in [0.25, 0.3) is 0 Å². The molecule has 0 amide bonds. The Labute approximate surface area is 140 Å². The van der Waals surface area contributed by atoms with Gasteiger partial charge in [-0.05, 0) is 46.6 Å². The van der Waals surface area contributed by atoms with Gasteiger partial charge in [0.2, 0.25) is 0 Å². The second-order valence-electron chi connectivity index (χ2n) is 4.47. The highest BCUT2D eigenvalue weighted by molar-refractivity contribution is 9.10. The summed E-state index contributed by atoms with van der Waals surface area (Å²) < 4.78 is 12.0. The lowest BCUT2D eigenvalue weighted by molar-refractivity contribution is 0.103. The van der Waals surface area contributed by atoms with Gasteiger partial charge in [0, 0.05) is 20.6 Å². The van der Waals surface area contributed by atoms with Crippen LogP contribution in [0.4, 0.5) is 0 Å². The number of methoxy groups -OCH3 is 2. The minimum atomic E-state index is -0.0971. The first-order valence-corrected chi connectivity index (χ1v) is 7.79. The van der Waals surface area contributed by atoms with Crippen LogP contribution in [0.2, 0.25) is 0 Å². The topological polar surface area (TPSA) is 35.5 Å². The van der Waals surface area contributed by atoms with Crippen LogP contribution in [-0.4, -0.2) is 20.0 Å². The lowest BCUT2D eigenvalue weighted by Gasteiger charge is -2.13. The Kier molecular flexibility index (Phi) is 5.06. The maximum absolute atomic E-state index is 12.8. The van der Waals surface area contributed by atoms with E-state index in [-0.39, 0.29) is 5.78 Å². The number of ether oxygens (including phenoxy) is 2. The van der Waals surface area contributed by atoms with Gasteiger partial charge in [0.1, 0.15) is 11.5 Å². The van der Waals surface area contributed by atoms with Gasteiger partial charge in [-0.25, -0.2) is 0 Å². The van der Waals surface area contributed by atoms with E-state index in [1.807, 2.05) is 25.1 Å². The van der Waals surface area contributed by atoms with Gasteiger partial charge in [-0.3, -0.25) is 4.79 Å². The van der Waals surface area contributed by atoms with Crippen LogP contribution in [0, 0.1) is 6.92 Å². The van der Waals surface area contributed by atoms with Crippen molar-refractivity contribution in [3.05, 3.63) is 56.0 Å². The number of carbonyl (C=O) groups excluding carboxylic acids is 1. The Bertz CT molecular complexity index is 696. The van der Waals surface area contributed by atoms with Crippen LogP contribution in [0.15, 0.2) is 39.3 Å². The smallest absolute Gasteiger partial charge is 0.198 e. The van der Waals surface area contributed by atoms with Crippen molar-refractivity contribution in [2.75, 3.05) is 14.2 Å². The Morgan fingerprint density at radius 1 is 1.05 bits per heavy atom. The zero-order valence-electron chi connectivity index (χ0n) is 11.9. The highest BCUT2D eigenvalue weighted by Crippen LogP contribution is 2.34. The van der Waals surface area contributed by atoms with E-state index in [2.05, 4.69) is 31.9 Å². The summed E-state index contributed by atoms with van der Waals surface area (Å²) in [5.74, 6) is 1.01. The zero-order chi connectivity index (χ0) is 15.6. The molecule has 5 heteroatoms. The molecule has 21 heavy (non-hydrogen) atoms. The molecule has 0 aromatic heterocycles. The van der Waals surface area contributed by atoms with Crippen LogP contribution in [0.3, 0.4) is 0 Å². The fourth-order valence-corrected chi connectivity index (χ4v) is 2.99. The average molecular weight is 414 g/mol. The number of halogens is 2. The first-order valence-electron chi connectivity index (χ1n) is 6.20. The van der Waals surface area contributed by atoms with Gasteiger partial charge in [0.25, 0.3) is 0 Å². The van der Waals surface area contributed by atoms with E-state index in [0.29, 0.717) is 27.1 Å². The second-order valence-corrected chi connectivity index (χ2v) is 6.24. The van der Waals surface area contributed by atoms with Gasteiger partial charge in [-0.1, -0.05) is 22.0 Å². The summed E-state index contributed by atoms with van der Waals surface area (Å²) in [4.78, 5) is 12.8. The molecule has 2 aromatic carbocycles. The Balaban J connectivity index is 2.60. The number of benzene rings is 2. The molecule has 0 aliphatic rings. The fourth-order valence-electron chi connectivity index (χ4n) is 2.03. The quantitative estimate of drug-likeness (QED) is 0.677. The second kappa shape index (κ2) is 6.62. The van der Waals surface area contributed by atoms with Crippen LogP contribution >= 0.6 is 31.9 Å². The molecule has 0 fully saturated rings. The molecular weight excluding hydrogens is 400 g/mol. The normalized spacial score (nSPS) is 10.3. The van der Waals surface area contributed by atoms with Crippen molar-refractivity contribution in [3.8, 4) is 11.5 Å². The van der Waals surface area contributed by atoms with Crippen molar-refractivity contribution >= 4 is 37.6 Å². The van der Waals surface area contributed by atoms with E-state index in [9.17, 15) is 4.79 Å². The van der Waals surface area contributed by atoms with Crippen LogP contribution < -0.4 is 9.47 Å². The maximum atomic E-state index is 12.8. The van der Waals surface area contributed by atoms with Gasteiger partial charge in [-0.15, -0.1) is 0 Å². The van der Waals surface area contributed by atoms with Crippen molar-refractivity contribution in [1.29, 1.82) is 0 Å². The molecule has 0 radical (unpaired) electrons. The predicted octanol–water partition coefficient (Wildman–Crippen LogP) is 4.77. The van der Waals surface area contributed by atoms with Crippen molar-refractivity contribution in [3.63, 3.8) is 0 Å². The SMILES string of the molecule is COc1cc(Br)c(C(=O)c2cc(Br)ccc2C)c(OC)c1. The fraction of sp³-hybridized carbons (Fsp3) is 0.188. The molecule has 0 unspecified atom stereocenters. The van der Waals surface area contributed by atoms with Crippen molar-refractivity contribution in [2.24, 2.45) is 0 Å². The molecule has 2 aromatic rings. The Morgan fingerprint density at radius 2 is 1.76 bits per heavy atom. The molecule has 0 bridgehead atoms. The number of carbonyl (C=O) groups is 1. The van der Waals surface area contributed by atoms with E-state index in [1.54, 1.807) is 19.2 Å². The molecular formula is C16H14Br2O3. The Hall–Kier alpha value is -1.33. The summed E-state index contributed by atoms with van der Waals surface area (Å²) in [6, 6.07) is 9.08. The molecule has 0 spiro atoms. The molecule has 0 aliphatic heterocycles. The molecule has 0 saturated heterocycles. The molecule has 110 valence electrons. The predicted molar refractivity (Wildman–Crippen MR) is 89.6 cm³/mol. The number of aryl methyl sites for hydroxylation is 1. The molecule has 3 nitrogen and oxygen atoms in total. The number of rotatable bonds is 4. The van der Waals surface area contributed by atoms with Crippen molar-refractivity contribution in [2.45, 2.75) is 6.92 Å². The minimum Gasteiger partial charge on any atom is -0.497 e. The van der Waals surface area contributed by atoms with E-state index >= 15 is 0 Å². The number of hydrogen-bond acceptors (Lipinski definition) is 3. The summed E-state index contributed by atoms with van der Waals surface area (Å²) in [7, 11) is 3.10. The van der Waals surface area contributed by atoms with Crippen LogP contribution in [0.1, 0.15) is 21.5 Å². The lowest BCUT2D eigenvalue weighted by Crippen LogP contribution is -2.07. The van der Waals surface area contributed by atoms with Crippen LogP contribution in [-0.2, 0) is 0 Å². The summed E-state index contributed by atoms with van der Waals surface area (Å²) in [6.07, 6.45) is 0. The standard InChI is InChI=1S/C16H14Br2O3/c1-9-4-5-10(17)6-12(9)16(19)15-13(18)7-11(20-2)8-14(15)21-3/h4-8H,1-3H3. The average Bonchev–Trinajstić information content (AvgIpc) is 2.48. The highest BCUT2D eigenvalue weighted by Gasteiger charge is 2.21. The van der Waals surface area contributed by atoms with E-state index in [0.717, 1.165) is 10.0 Å². The van der Waals surface area contributed by atoms with Gasteiger partial charge in [0.05, 0.1) is 19.8 Å². The molecule has 0 N–H and O–H groups in total. The monoisotopic (exact) mass is 412 g/mol. The van der Waals surface area contributed by atoms with E-state index in [1.165, 1.54) is 7.11 Å². The van der Waals surface area contributed by atoms with Gasteiger partial charge >= 0.3 is 0 Å². The largest absolute Gasteiger partial charge is 0.497 e. The van der Waals surface area contributed by atoms with E-state index < -0.39 is 0 Å². The maximum Gasteiger partial charge on any atom is 0.198 e. The highest BCUT2D eigenvalue weighted by atomic mass is 79.9. The third kappa shape index (κ3) is 3.30. The van der Waals surface area contributed by atoms with Crippen LogP contribution in [0.5, 0.6) is 11.5 Å². The summed E-state index contributed by atoms with van der Waals surface area (Å²) in [5, 5.41) is 0. The van der Waals surface area contributed by atoms with E-state index in [4.69, 9.17) is 9.47 Å². The minimum absolute atomic E-state index is 0.0971. The molecule has 0 aliphatic carbocycles. The molecule has 0 atom stereocenters. The zero-order valence-corrected chi connectivity index (χ0v) is 15.0. The summed E-state index contributed by atoms with van der Waals surface area (Å²) >= 11 is 6.83. The third-order valence-electron chi connectivity index (χ3n) is 3.15. The van der Waals surface area contributed by atoms with Gasteiger partial charge in [0.15, 0.2) is 5.78 Å². The summed E-state index contributed by atoms with van der Waals surface area (Å²) in [6.45, 7) is 1.91.